The summed E-state index contributed by atoms with van der Waals surface area (Å²) in [6.07, 6.45) is 2.79. The molecule has 0 fully saturated rings. The number of aliphatic hydroxyl groups excluding tert-OH is 2. The van der Waals surface area contributed by atoms with Gasteiger partial charge in [-0.15, -0.1) is 0 Å². The minimum absolute atomic E-state index is 0.118. The minimum Gasteiger partial charge on any atom is -0.395 e. The van der Waals surface area contributed by atoms with Gasteiger partial charge in [-0.2, -0.15) is 8.78 Å². The Kier molecular flexibility index (Phi) is 6.23. The van der Waals surface area contributed by atoms with Crippen molar-refractivity contribution in [3.63, 3.8) is 0 Å². The molecule has 31 heavy (non-hydrogen) atoms. The molecule has 0 aromatic carbocycles. The van der Waals surface area contributed by atoms with Crippen molar-refractivity contribution in [3.8, 4) is 0 Å². The number of hydrogen-bond donors (Lipinski definition) is 4. The van der Waals surface area contributed by atoms with E-state index in [0.717, 1.165) is 12.1 Å². The first-order chi connectivity index (χ1) is 14.5. The lowest BCUT2D eigenvalue weighted by atomic mass is 10.1. The van der Waals surface area contributed by atoms with Crippen LogP contribution in [-0.4, -0.2) is 43.5 Å². The maximum absolute atomic E-state index is 13.8. The van der Waals surface area contributed by atoms with Gasteiger partial charge in [0.05, 0.1) is 12.0 Å². The number of nitrogens with zero attached hydrogens (tertiary/aromatic N) is 3. The van der Waals surface area contributed by atoms with Crippen LogP contribution in [0.5, 0.6) is 0 Å². The van der Waals surface area contributed by atoms with E-state index in [9.17, 15) is 18.7 Å². The molecule has 0 bridgehead atoms. The van der Waals surface area contributed by atoms with Crippen LogP contribution in [0.25, 0.3) is 10.8 Å². The fourth-order valence-corrected chi connectivity index (χ4v) is 3.05. The number of rotatable bonds is 7. The second-order valence-corrected chi connectivity index (χ2v) is 8.15. The molecule has 0 amide bonds. The number of hydrogen-bond acceptors (Lipinski definition) is 7. The molecule has 0 saturated heterocycles. The third-order valence-corrected chi connectivity index (χ3v) is 4.43. The smallest absolute Gasteiger partial charge is 0.295 e. The average molecular weight is 433 g/mol. The normalized spacial score (nSPS) is 12.2. The molecule has 8 nitrogen and oxygen atoms in total. The topological polar surface area (TPSA) is 112 Å². The van der Waals surface area contributed by atoms with Gasteiger partial charge in [0.2, 0.25) is 0 Å². The molecule has 0 aliphatic rings. The summed E-state index contributed by atoms with van der Waals surface area (Å²) < 4.78 is 29.0. The van der Waals surface area contributed by atoms with Crippen molar-refractivity contribution in [1.82, 2.24) is 14.5 Å². The molecule has 4 N–H and O–H groups in total. The predicted octanol–water partition coefficient (Wildman–Crippen LogP) is 2.82. The highest BCUT2D eigenvalue weighted by Crippen LogP contribution is 2.30. The molecule has 3 aromatic rings. The Hall–Kier alpha value is -3.11. The van der Waals surface area contributed by atoms with Crippen LogP contribution in [0.15, 0.2) is 41.5 Å². The monoisotopic (exact) mass is 433 g/mol. The van der Waals surface area contributed by atoms with Crippen molar-refractivity contribution in [1.29, 1.82) is 0 Å². The molecule has 0 saturated carbocycles. The first kappa shape index (κ1) is 22.6. The van der Waals surface area contributed by atoms with Crippen LogP contribution in [-0.2, 0) is 12.5 Å². The van der Waals surface area contributed by atoms with Crippen LogP contribution in [0.1, 0.15) is 26.3 Å². The molecule has 3 aromatic heterocycles. The summed E-state index contributed by atoms with van der Waals surface area (Å²) in [5, 5.41) is 25.2. The van der Waals surface area contributed by atoms with E-state index in [1.807, 2.05) is 20.8 Å². The van der Waals surface area contributed by atoms with Gasteiger partial charge in [-0.05, 0) is 50.4 Å². The zero-order valence-electron chi connectivity index (χ0n) is 17.5. The number of halogens is 2. The lowest BCUT2D eigenvalue weighted by molar-refractivity contribution is -0.0556. The largest absolute Gasteiger partial charge is 0.395 e. The molecule has 166 valence electrons. The highest BCUT2D eigenvalue weighted by Gasteiger charge is 2.30. The van der Waals surface area contributed by atoms with E-state index in [0.29, 0.717) is 22.4 Å². The Morgan fingerprint density at radius 2 is 1.87 bits per heavy atom. The van der Waals surface area contributed by atoms with Gasteiger partial charge >= 0.3 is 0 Å². The highest BCUT2D eigenvalue weighted by molar-refractivity contribution is 5.93. The van der Waals surface area contributed by atoms with Crippen LogP contribution in [0.3, 0.4) is 0 Å². The van der Waals surface area contributed by atoms with E-state index < -0.39 is 18.1 Å². The molecule has 0 aliphatic heterocycles. The van der Waals surface area contributed by atoms with Crippen LogP contribution >= 0.6 is 0 Å². The standard InChI is InChI=1S/C21H25F2N5O3/c1-20(2,3)27-18-17-13(5-7-28(8-9-29)19(17)31)10-16(26-18)25-15-11-14(4-6-24-15)21(22,23)12-30/h4-7,10-11,29-30H,8-9,12H2,1-3H3,(H2,24,25,26,27). The van der Waals surface area contributed by atoms with Crippen LogP contribution in [0, 0.1) is 0 Å². The van der Waals surface area contributed by atoms with Crippen LogP contribution < -0.4 is 16.2 Å². The quantitative estimate of drug-likeness (QED) is 0.453. The van der Waals surface area contributed by atoms with Crippen molar-refractivity contribution in [3.05, 3.63) is 52.6 Å². The maximum atomic E-state index is 13.8. The number of fused-ring (bicyclic) bond motifs is 1. The second-order valence-electron chi connectivity index (χ2n) is 8.15. The molecule has 3 rings (SSSR count). The lowest BCUT2D eigenvalue weighted by Gasteiger charge is -2.23. The third-order valence-electron chi connectivity index (χ3n) is 4.43. The molecular weight excluding hydrogens is 408 g/mol. The van der Waals surface area contributed by atoms with E-state index in [1.54, 1.807) is 18.3 Å². The van der Waals surface area contributed by atoms with Crippen LogP contribution in [0.4, 0.5) is 26.2 Å². The molecule has 0 aliphatic carbocycles. The van der Waals surface area contributed by atoms with Crippen molar-refractivity contribution >= 4 is 28.2 Å². The maximum Gasteiger partial charge on any atom is 0.295 e. The minimum atomic E-state index is -3.40. The van der Waals surface area contributed by atoms with Gasteiger partial charge in [0.15, 0.2) is 0 Å². The molecule has 0 radical (unpaired) electrons. The van der Waals surface area contributed by atoms with Crippen LogP contribution in [0.2, 0.25) is 0 Å². The van der Waals surface area contributed by atoms with E-state index in [2.05, 4.69) is 20.6 Å². The number of nitrogens with one attached hydrogen (secondary N) is 2. The van der Waals surface area contributed by atoms with Gasteiger partial charge in [-0.1, -0.05) is 0 Å². The van der Waals surface area contributed by atoms with E-state index in [4.69, 9.17) is 5.11 Å². The fourth-order valence-electron chi connectivity index (χ4n) is 3.05. The first-order valence-electron chi connectivity index (χ1n) is 9.69. The molecule has 3 heterocycles. The fraction of sp³-hybridized carbons (Fsp3) is 0.381. The Balaban J connectivity index is 2.09. The highest BCUT2D eigenvalue weighted by atomic mass is 19.3. The molecule has 0 atom stereocenters. The van der Waals surface area contributed by atoms with Crippen molar-refractivity contribution < 1.29 is 19.0 Å². The van der Waals surface area contributed by atoms with Gasteiger partial charge in [0.25, 0.3) is 11.5 Å². The molecule has 0 spiro atoms. The Morgan fingerprint density at radius 1 is 1.13 bits per heavy atom. The van der Waals surface area contributed by atoms with Crippen molar-refractivity contribution in [2.45, 2.75) is 38.8 Å². The summed E-state index contributed by atoms with van der Waals surface area (Å²) in [6, 6.07) is 5.60. The number of alkyl halides is 2. The SMILES string of the molecule is CC(C)(C)Nc1nc(Nc2cc(C(F)(F)CO)ccn2)cc2ccn(CCO)c(=O)c12. The second kappa shape index (κ2) is 8.56. The van der Waals surface area contributed by atoms with Gasteiger partial charge in [0, 0.05) is 30.0 Å². The van der Waals surface area contributed by atoms with Crippen molar-refractivity contribution in [2.75, 3.05) is 23.8 Å². The van der Waals surface area contributed by atoms with E-state index in [1.165, 1.54) is 10.8 Å². The van der Waals surface area contributed by atoms with Gasteiger partial charge in [0.1, 0.15) is 24.1 Å². The van der Waals surface area contributed by atoms with Gasteiger partial charge in [-0.25, -0.2) is 9.97 Å². The predicted molar refractivity (Wildman–Crippen MR) is 115 cm³/mol. The molecular formula is C21H25F2N5O3. The third kappa shape index (κ3) is 5.15. The number of aromatic nitrogens is 3. The Labute approximate surface area is 177 Å². The summed E-state index contributed by atoms with van der Waals surface area (Å²) in [6.45, 7) is 4.40. The number of anilines is 3. The summed E-state index contributed by atoms with van der Waals surface area (Å²) in [5.41, 5.74) is -1.10. The zero-order chi connectivity index (χ0) is 22.8. The Morgan fingerprint density at radius 3 is 2.52 bits per heavy atom. The van der Waals surface area contributed by atoms with E-state index >= 15 is 0 Å². The summed E-state index contributed by atoms with van der Waals surface area (Å²) in [4.78, 5) is 21.4. The van der Waals surface area contributed by atoms with Gasteiger partial charge < -0.3 is 25.4 Å². The average Bonchev–Trinajstić information content (AvgIpc) is 2.69. The Bertz CT molecular complexity index is 1140. The van der Waals surface area contributed by atoms with Gasteiger partial charge in [-0.3, -0.25) is 4.79 Å². The number of aliphatic hydroxyl groups is 2. The molecule has 10 heteroatoms. The lowest BCUT2D eigenvalue weighted by Crippen LogP contribution is -2.29. The number of pyridine rings is 3. The summed E-state index contributed by atoms with van der Waals surface area (Å²) in [7, 11) is 0. The molecule has 0 unspecified atom stereocenters. The zero-order valence-corrected chi connectivity index (χ0v) is 17.5. The summed E-state index contributed by atoms with van der Waals surface area (Å²) in [5.74, 6) is -2.66. The van der Waals surface area contributed by atoms with Crippen molar-refractivity contribution in [2.24, 2.45) is 0 Å². The van der Waals surface area contributed by atoms with E-state index in [-0.39, 0.29) is 30.1 Å². The summed E-state index contributed by atoms with van der Waals surface area (Å²) >= 11 is 0. The first-order valence-corrected chi connectivity index (χ1v) is 9.69.